The molecule has 2 aliphatic rings. The van der Waals surface area contributed by atoms with Gasteiger partial charge in [0.25, 0.3) is 0 Å². The molecule has 2 rings (SSSR count). The van der Waals surface area contributed by atoms with Crippen molar-refractivity contribution in [3.05, 3.63) is 0 Å². The fourth-order valence-electron chi connectivity index (χ4n) is 2.81. The SMILES string of the molecule is CC(C)OCC(=O)C1C2CCCCC21. The molecule has 0 bridgehead atoms. The highest BCUT2D eigenvalue weighted by Crippen LogP contribution is 2.55. The van der Waals surface area contributed by atoms with Crippen LogP contribution in [0.4, 0.5) is 0 Å². The van der Waals surface area contributed by atoms with Crippen LogP contribution >= 0.6 is 0 Å². The number of Topliss-reactive ketones (excluding diaryl/α,β-unsaturated/α-hetero) is 1. The maximum Gasteiger partial charge on any atom is 0.162 e. The van der Waals surface area contributed by atoms with E-state index in [1.165, 1.54) is 25.7 Å². The molecule has 0 aliphatic heterocycles. The fourth-order valence-corrected chi connectivity index (χ4v) is 2.81. The summed E-state index contributed by atoms with van der Waals surface area (Å²) >= 11 is 0. The van der Waals surface area contributed by atoms with Crippen LogP contribution in [-0.2, 0) is 9.53 Å². The number of ether oxygens (including phenoxy) is 1. The molecule has 2 atom stereocenters. The maximum absolute atomic E-state index is 11.8. The Balaban J connectivity index is 1.77. The summed E-state index contributed by atoms with van der Waals surface area (Å²) in [5, 5.41) is 0. The second kappa shape index (κ2) is 4.01. The molecule has 2 aliphatic carbocycles. The zero-order valence-electron chi connectivity index (χ0n) is 9.16. The molecule has 2 unspecified atom stereocenters. The number of carbonyl (C=O) groups excluding carboxylic acids is 1. The standard InChI is InChI=1S/C12H20O2/c1-8(2)14-7-11(13)12-9-5-3-4-6-10(9)12/h8-10,12H,3-7H2,1-2H3. The van der Waals surface area contributed by atoms with Gasteiger partial charge in [-0.15, -0.1) is 0 Å². The van der Waals surface area contributed by atoms with Crippen molar-refractivity contribution in [3.8, 4) is 0 Å². The van der Waals surface area contributed by atoms with Gasteiger partial charge in [0.05, 0.1) is 6.10 Å². The van der Waals surface area contributed by atoms with E-state index in [4.69, 9.17) is 4.74 Å². The van der Waals surface area contributed by atoms with Crippen molar-refractivity contribution >= 4 is 5.78 Å². The minimum Gasteiger partial charge on any atom is -0.371 e. The van der Waals surface area contributed by atoms with E-state index < -0.39 is 0 Å². The van der Waals surface area contributed by atoms with E-state index in [-0.39, 0.29) is 6.10 Å². The average molecular weight is 196 g/mol. The summed E-state index contributed by atoms with van der Waals surface area (Å²) in [7, 11) is 0. The molecule has 0 amide bonds. The number of ketones is 1. The summed E-state index contributed by atoms with van der Waals surface area (Å²) in [6.07, 6.45) is 5.40. The normalized spacial score (nSPS) is 35.5. The van der Waals surface area contributed by atoms with Crippen LogP contribution in [0.25, 0.3) is 0 Å². The Labute approximate surface area is 86.0 Å². The Bertz CT molecular complexity index is 210. The highest BCUT2D eigenvalue weighted by atomic mass is 16.5. The molecular formula is C12H20O2. The van der Waals surface area contributed by atoms with E-state index in [2.05, 4.69) is 0 Å². The van der Waals surface area contributed by atoms with Gasteiger partial charge in [0, 0.05) is 5.92 Å². The number of carbonyl (C=O) groups is 1. The summed E-state index contributed by atoms with van der Waals surface area (Å²) in [5.74, 6) is 2.19. The van der Waals surface area contributed by atoms with Crippen LogP contribution in [0.2, 0.25) is 0 Å². The van der Waals surface area contributed by atoms with E-state index in [9.17, 15) is 4.79 Å². The summed E-state index contributed by atoms with van der Waals surface area (Å²) in [5.41, 5.74) is 0. The first-order chi connectivity index (χ1) is 6.70. The lowest BCUT2D eigenvalue weighted by Crippen LogP contribution is -2.15. The van der Waals surface area contributed by atoms with Gasteiger partial charge in [0.15, 0.2) is 5.78 Å². The van der Waals surface area contributed by atoms with Gasteiger partial charge >= 0.3 is 0 Å². The molecule has 2 saturated carbocycles. The third kappa shape index (κ3) is 2.00. The number of hydrogen-bond acceptors (Lipinski definition) is 2. The van der Waals surface area contributed by atoms with Crippen LogP contribution in [0.1, 0.15) is 39.5 Å². The predicted molar refractivity (Wildman–Crippen MR) is 55.0 cm³/mol. The van der Waals surface area contributed by atoms with Gasteiger partial charge in [-0.1, -0.05) is 12.8 Å². The van der Waals surface area contributed by atoms with E-state index in [1.54, 1.807) is 0 Å². The van der Waals surface area contributed by atoms with Crippen molar-refractivity contribution < 1.29 is 9.53 Å². The van der Waals surface area contributed by atoms with Crippen molar-refractivity contribution in [2.75, 3.05) is 6.61 Å². The zero-order chi connectivity index (χ0) is 10.1. The van der Waals surface area contributed by atoms with Gasteiger partial charge in [-0.3, -0.25) is 4.79 Å². The van der Waals surface area contributed by atoms with Crippen LogP contribution in [0, 0.1) is 17.8 Å². The Morgan fingerprint density at radius 2 is 1.86 bits per heavy atom. The van der Waals surface area contributed by atoms with Crippen LogP contribution in [-0.4, -0.2) is 18.5 Å². The van der Waals surface area contributed by atoms with Gasteiger partial charge in [0.1, 0.15) is 6.61 Å². The molecule has 0 saturated heterocycles. The topological polar surface area (TPSA) is 26.3 Å². The van der Waals surface area contributed by atoms with E-state index in [0.717, 1.165) is 11.8 Å². The first-order valence-corrected chi connectivity index (χ1v) is 5.84. The summed E-state index contributed by atoms with van der Waals surface area (Å²) < 4.78 is 5.36. The highest BCUT2D eigenvalue weighted by molar-refractivity contribution is 5.85. The summed E-state index contributed by atoms with van der Waals surface area (Å²) in [4.78, 5) is 11.8. The largest absolute Gasteiger partial charge is 0.371 e. The van der Waals surface area contributed by atoms with Gasteiger partial charge in [0.2, 0.25) is 0 Å². The first-order valence-electron chi connectivity index (χ1n) is 5.84. The predicted octanol–water partition coefficient (Wildman–Crippen LogP) is 2.42. The third-order valence-electron chi connectivity index (χ3n) is 3.59. The van der Waals surface area contributed by atoms with Crippen molar-refractivity contribution in [2.45, 2.75) is 45.6 Å². The molecule has 0 aromatic rings. The molecule has 0 heterocycles. The first kappa shape index (κ1) is 10.2. The fraction of sp³-hybridized carbons (Fsp3) is 0.917. The molecule has 0 spiro atoms. The Morgan fingerprint density at radius 1 is 1.29 bits per heavy atom. The van der Waals surface area contributed by atoms with Crippen molar-refractivity contribution in [2.24, 2.45) is 17.8 Å². The average Bonchev–Trinajstić information content (AvgIpc) is 2.88. The second-order valence-electron chi connectivity index (χ2n) is 4.96. The van der Waals surface area contributed by atoms with E-state index in [1.807, 2.05) is 13.8 Å². The van der Waals surface area contributed by atoms with Gasteiger partial charge < -0.3 is 4.74 Å². The monoisotopic (exact) mass is 196 g/mol. The Hall–Kier alpha value is -0.370. The molecule has 2 nitrogen and oxygen atoms in total. The molecule has 0 aromatic heterocycles. The summed E-state index contributed by atoms with van der Waals surface area (Å²) in [6.45, 7) is 4.30. The number of fused-ring (bicyclic) bond motifs is 1. The molecular weight excluding hydrogens is 176 g/mol. The lowest BCUT2D eigenvalue weighted by atomic mass is 10.0. The minimum atomic E-state index is 0.180. The van der Waals surface area contributed by atoms with Crippen molar-refractivity contribution in [1.29, 1.82) is 0 Å². The van der Waals surface area contributed by atoms with Crippen molar-refractivity contribution in [1.82, 2.24) is 0 Å². The Kier molecular flexibility index (Phi) is 2.91. The highest BCUT2D eigenvalue weighted by Gasteiger charge is 2.54. The molecule has 0 radical (unpaired) electrons. The van der Waals surface area contributed by atoms with Gasteiger partial charge in [-0.2, -0.15) is 0 Å². The van der Waals surface area contributed by atoms with Gasteiger partial charge in [-0.05, 0) is 38.5 Å². The maximum atomic E-state index is 11.8. The molecule has 0 aromatic carbocycles. The molecule has 14 heavy (non-hydrogen) atoms. The van der Waals surface area contributed by atoms with Crippen LogP contribution in [0.3, 0.4) is 0 Å². The molecule has 2 heteroatoms. The molecule has 2 fully saturated rings. The number of rotatable bonds is 4. The van der Waals surface area contributed by atoms with Crippen molar-refractivity contribution in [3.63, 3.8) is 0 Å². The zero-order valence-corrected chi connectivity index (χ0v) is 9.16. The smallest absolute Gasteiger partial charge is 0.162 e. The van der Waals surface area contributed by atoms with Crippen LogP contribution in [0.5, 0.6) is 0 Å². The number of hydrogen-bond donors (Lipinski definition) is 0. The minimum absolute atomic E-state index is 0.180. The lowest BCUT2D eigenvalue weighted by molar-refractivity contribution is -0.126. The quantitative estimate of drug-likeness (QED) is 0.690. The molecule has 80 valence electrons. The van der Waals surface area contributed by atoms with Crippen LogP contribution < -0.4 is 0 Å². The van der Waals surface area contributed by atoms with E-state index in [0.29, 0.717) is 18.3 Å². The lowest BCUT2D eigenvalue weighted by Gasteiger charge is -2.05. The Morgan fingerprint density at radius 3 is 2.36 bits per heavy atom. The molecule has 0 N–H and O–H groups in total. The summed E-state index contributed by atoms with van der Waals surface area (Å²) in [6, 6.07) is 0. The second-order valence-corrected chi connectivity index (χ2v) is 4.96. The van der Waals surface area contributed by atoms with Crippen LogP contribution in [0.15, 0.2) is 0 Å². The van der Waals surface area contributed by atoms with Gasteiger partial charge in [-0.25, -0.2) is 0 Å². The third-order valence-corrected chi connectivity index (χ3v) is 3.59. The van der Waals surface area contributed by atoms with E-state index >= 15 is 0 Å².